The average Bonchev–Trinajstić information content (AvgIpc) is 3.24. The number of esters is 1. The summed E-state index contributed by atoms with van der Waals surface area (Å²) in [6, 6.07) is 15.3. The van der Waals surface area contributed by atoms with Gasteiger partial charge in [-0.2, -0.15) is 0 Å². The lowest BCUT2D eigenvalue weighted by atomic mass is 10.2. The first kappa shape index (κ1) is 24.9. The third kappa shape index (κ3) is 5.23. The quantitative estimate of drug-likeness (QED) is 0.267. The number of thiophene rings is 1. The van der Waals surface area contributed by atoms with E-state index in [4.69, 9.17) is 14.2 Å². The fourth-order valence-corrected chi connectivity index (χ4v) is 4.63. The van der Waals surface area contributed by atoms with Gasteiger partial charge in [-0.3, -0.25) is 14.2 Å². The Bertz CT molecular complexity index is 1450. The Kier molecular flexibility index (Phi) is 7.65. The van der Waals surface area contributed by atoms with Crippen LogP contribution in [0.1, 0.15) is 28.2 Å². The van der Waals surface area contributed by atoms with Crippen LogP contribution >= 0.6 is 11.3 Å². The summed E-state index contributed by atoms with van der Waals surface area (Å²) in [5.74, 6) is 0.221. The Labute approximate surface area is 211 Å². The smallest absolute Gasteiger partial charge is 0.348 e. The zero-order valence-electron chi connectivity index (χ0n) is 20.0. The standard InChI is InChI=1S/C26H25N3O6S/c1-16-21-24(36-22(16)26(32)35-14-13-34-18-9-5-4-6-10-18)27-15-29(25(21)31)17(2)23(30)28-19-11-7-8-12-20(19)33-3/h4-12,15,17H,13-14H2,1-3H3,(H,28,30). The van der Waals surface area contributed by atoms with Gasteiger partial charge in [-0.05, 0) is 43.7 Å². The van der Waals surface area contributed by atoms with Crippen LogP contribution < -0.4 is 20.3 Å². The molecule has 0 fully saturated rings. The molecule has 0 spiro atoms. The molecule has 1 unspecified atom stereocenters. The molecule has 0 aliphatic rings. The van der Waals surface area contributed by atoms with Gasteiger partial charge in [-0.1, -0.05) is 30.3 Å². The number of benzene rings is 2. The monoisotopic (exact) mass is 507 g/mol. The minimum atomic E-state index is -0.857. The van der Waals surface area contributed by atoms with Gasteiger partial charge in [0.15, 0.2) is 0 Å². The Morgan fingerprint density at radius 1 is 1.08 bits per heavy atom. The number of aryl methyl sites for hydroxylation is 1. The lowest BCUT2D eigenvalue weighted by molar-refractivity contribution is -0.118. The zero-order valence-corrected chi connectivity index (χ0v) is 20.8. The number of anilines is 1. The first-order chi connectivity index (χ1) is 17.4. The Morgan fingerprint density at radius 2 is 1.81 bits per heavy atom. The molecule has 2 aromatic carbocycles. The molecule has 0 aliphatic heterocycles. The molecule has 0 aliphatic carbocycles. The molecule has 1 atom stereocenters. The van der Waals surface area contributed by atoms with E-state index in [1.54, 1.807) is 38.1 Å². The predicted molar refractivity (Wildman–Crippen MR) is 137 cm³/mol. The fraction of sp³-hybridized carbons (Fsp3) is 0.231. The minimum absolute atomic E-state index is 0.0548. The van der Waals surface area contributed by atoms with Crippen molar-refractivity contribution in [1.29, 1.82) is 0 Å². The highest BCUT2D eigenvalue weighted by atomic mass is 32.1. The number of carbonyl (C=O) groups is 2. The number of aromatic nitrogens is 2. The summed E-state index contributed by atoms with van der Waals surface area (Å²) in [6.45, 7) is 3.52. The van der Waals surface area contributed by atoms with Gasteiger partial charge in [-0.25, -0.2) is 9.78 Å². The summed E-state index contributed by atoms with van der Waals surface area (Å²) < 4.78 is 17.4. The molecule has 186 valence electrons. The van der Waals surface area contributed by atoms with Gasteiger partial charge in [0.05, 0.1) is 24.5 Å². The molecule has 1 N–H and O–H groups in total. The maximum Gasteiger partial charge on any atom is 0.348 e. The van der Waals surface area contributed by atoms with Gasteiger partial charge < -0.3 is 19.5 Å². The summed E-state index contributed by atoms with van der Waals surface area (Å²) >= 11 is 1.08. The van der Waals surface area contributed by atoms with Crippen molar-refractivity contribution >= 4 is 39.1 Å². The maximum absolute atomic E-state index is 13.3. The molecule has 0 saturated carbocycles. The van der Waals surface area contributed by atoms with Gasteiger partial charge in [0.1, 0.15) is 40.5 Å². The second-order valence-corrected chi connectivity index (χ2v) is 8.86. The highest BCUT2D eigenvalue weighted by Crippen LogP contribution is 2.28. The van der Waals surface area contributed by atoms with Crippen molar-refractivity contribution in [2.75, 3.05) is 25.6 Å². The van der Waals surface area contributed by atoms with Crippen molar-refractivity contribution in [2.24, 2.45) is 0 Å². The number of nitrogens with one attached hydrogen (secondary N) is 1. The number of amides is 1. The number of methoxy groups -OCH3 is 1. The van der Waals surface area contributed by atoms with Crippen molar-refractivity contribution in [3.8, 4) is 11.5 Å². The molecule has 0 saturated heterocycles. The van der Waals surface area contributed by atoms with Crippen LogP contribution in [-0.4, -0.2) is 41.8 Å². The Balaban J connectivity index is 1.48. The van der Waals surface area contributed by atoms with E-state index in [1.807, 2.05) is 30.3 Å². The highest BCUT2D eigenvalue weighted by Gasteiger charge is 2.24. The van der Waals surface area contributed by atoms with E-state index in [0.717, 1.165) is 11.3 Å². The third-order valence-electron chi connectivity index (χ3n) is 5.55. The SMILES string of the molecule is COc1ccccc1NC(=O)C(C)n1cnc2sc(C(=O)OCCOc3ccccc3)c(C)c2c1=O. The lowest BCUT2D eigenvalue weighted by Crippen LogP contribution is -2.31. The van der Waals surface area contributed by atoms with Crippen LogP contribution in [0.3, 0.4) is 0 Å². The van der Waals surface area contributed by atoms with Crippen molar-refractivity contribution < 1.29 is 23.8 Å². The number of rotatable bonds is 9. The summed E-state index contributed by atoms with van der Waals surface area (Å²) in [6.07, 6.45) is 1.32. The highest BCUT2D eigenvalue weighted by molar-refractivity contribution is 7.20. The van der Waals surface area contributed by atoms with Gasteiger partial charge in [-0.15, -0.1) is 11.3 Å². The number of hydrogen-bond acceptors (Lipinski definition) is 8. The number of para-hydroxylation sites is 3. The molecule has 4 rings (SSSR count). The molecular weight excluding hydrogens is 482 g/mol. The van der Waals surface area contributed by atoms with E-state index in [9.17, 15) is 14.4 Å². The van der Waals surface area contributed by atoms with Crippen LogP contribution in [0, 0.1) is 6.92 Å². The summed E-state index contributed by atoms with van der Waals surface area (Å²) in [5, 5.41) is 3.06. The van der Waals surface area contributed by atoms with E-state index in [1.165, 1.54) is 18.0 Å². The van der Waals surface area contributed by atoms with Crippen LogP contribution in [0.4, 0.5) is 5.69 Å². The van der Waals surface area contributed by atoms with E-state index in [0.29, 0.717) is 27.6 Å². The normalized spacial score (nSPS) is 11.6. The Morgan fingerprint density at radius 3 is 2.56 bits per heavy atom. The van der Waals surface area contributed by atoms with Crippen molar-refractivity contribution in [3.63, 3.8) is 0 Å². The topological polar surface area (TPSA) is 109 Å². The third-order valence-corrected chi connectivity index (χ3v) is 6.73. The van der Waals surface area contributed by atoms with Crippen molar-refractivity contribution in [1.82, 2.24) is 9.55 Å². The maximum atomic E-state index is 13.3. The molecule has 1 amide bonds. The van der Waals surface area contributed by atoms with Gasteiger partial charge >= 0.3 is 5.97 Å². The Hall–Kier alpha value is -4.18. The van der Waals surface area contributed by atoms with Crippen LogP contribution in [0.2, 0.25) is 0 Å². The number of fused-ring (bicyclic) bond motifs is 1. The fourth-order valence-electron chi connectivity index (χ4n) is 3.60. The number of carbonyl (C=O) groups excluding carboxylic acids is 2. The number of hydrogen-bond donors (Lipinski definition) is 1. The summed E-state index contributed by atoms with van der Waals surface area (Å²) in [5.41, 5.74) is 0.544. The van der Waals surface area contributed by atoms with E-state index < -0.39 is 23.5 Å². The second-order valence-electron chi connectivity index (χ2n) is 7.86. The van der Waals surface area contributed by atoms with Crippen LogP contribution in [-0.2, 0) is 9.53 Å². The van der Waals surface area contributed by atoms with Gasteiger partial charge in [0.2, 0.25) is 5.91 Å². The number of ether oxygens (including phenoxy) is 3. The van der Waals surface area contributed by atoms with Crippen molar-refractivity contribution in [3.05, 3.63) is 81.7 Å². The molecule has 2 heterocycles. The summed E-state index contributed by atoms with van der Waals surface area (Å²) in [7, 11) is 1.51. The molecule has 2 aromatic heterocycles. The van der Waals surface area contributed by atoms with Gasteiger partial charge in [0.25, 0.3) is 5.56 Å². The van der Waals surface area contributed by atoms with E-state index >= 15 is 0 Å². The second kappa shape index (κ2) is 11.0. The zero-order chi connectivity index (χ0) is 25.7. The summed E-state index contributed by atoms with van der Waals surface area (Å²) in [4.78, 5) is 43.8. The molecule has 9 nitrogen and oxygen atoms in total. The molecule has 4 aromatic rings. The minimum Gasteiger partial charge on any atom is -0.495 e. The van der Waals surface area contributed by atoms with E-state index in [2.05, 4.69) is 10.3 Å². The average molecular weight is 508 g/mol. The largest absolute Gasteiger partial charge is 0.495 e. The first-order valence-corrected chi connectivity index (χ1v) is 12.0. The lowest BCUT2D eigenvalue weighted by Gasteiger charge is -2.16. The first-order valence-electron chi connectivity index (χ1n) is 11.2. The number of nitrogens with zero attached hydrogens (tertiary/aromatic N) is 2. The van der Waals surface area contributed by atoms with Gasteiger partial charge in [0, 0.05) is 0 Å². The molecule has 36 heavy (non-hydrogen) atoms. The molecular formula is C26H25N3O6S. The van der Waals surface area contributed by atoms with Crippen LogP contribution in [0.15, 0.2) is 65.7 Å². The van der Waals surface area contributed by atoms with E-state index in [-0.39, 0.29) is 23.5 Å². The predicted octanol–water partition coefficient (Wildman–Crippen LogP) is 4.21. The van der Waals surface area contributed by atoms with Crippen molar-refractivity contribution in [2.45, 2.75) is 19.9 Å². The van der Waals surface area contributed by atoms with Crippen LogP contribution in [0.5, 0.6) is 11.5 Å². The molecule has 0 bridgehead atoms. The van der Waals surface area contributed by atoms with Crippen LogP contribution in [0.25, 0.3) is 10.2 Å². The molecule has 0 radical (unpaired) electrons. The molecule has 10 heteroatoms.